The van der Waals surface area contributed by atoms with E-state index in [0.717, 1.165) is 0 Å². The van der Waals surface area contributed by atoms with Crippen molar-refractivity contribution in [3.05, 3.63) is 30.3 Å². The topological polar surface area (TPSA) is 54.4 Å². The van der Waals surface area contributed by atoms with E-state index in [2.05, 4.69) is 0 Å². The van der Waals surface area contributed by atoms with Gasteiger partial charge < -0.3 is 0 Å². The Morgan fingerprint density at radius 1 is 1.09 bits per heavy atom. The second-order valence-corrected chi connectivity index (χ2v) is 3.21. The molecule has 0 atom stereocenters. The number of hydrogen-bond donors (Lipinski definition) is 1. The first-order valence-electron chi connectivity index (χ1n) is 2.63. The SMILES string of the molecule is O=S(=O)(O)c1ccccc1.[BiH3]. The van der Waals surface area contributed by atoms with E-state index in [4.69, 9.17) is 4.55 Å². The van der Waals surface area contributed by atoms with Gasteiger partial charge in [0.2, 0.25) is 0 Å². The Balaban J connectivity index is 0.000001000. The van der Waals surface area contributed by atoms with Crippen molar-refractivity contribution < 1.29 is 13.0 Å². The van der Waals surface area contributed by atoms with Gasteiger partial charge in [-0.05, 0) is 12.1 Å². The zero-order chi connectivity index (χ0) is 7.61. The molecular formula is C6H9BiO3S. The molecule has 0 amide bonds. The minimum atomic E-state index is -4.00. The third kappa shape index (κ3) is 3.27. The second kappa shape index (κ2) is 4.14. The van der Waals surface area contributed by atoms with Gasteiger partial charge in [-0.2, -0.15) is 8.42 Å². The average Bonchev–Trinajstić information content (AvgIpc) is 1.88. The fraction of sp³-hybridized carbons (Fsp3) is 0. The van der Waals surface area contributed by atoms with Crippen LogP contribution < -0.4 is 0 Å². The fourth-order valence-corrected chi connectivity index (χ4v) is 1.09. The molecule has 0 radical (unpaired) electrons. The van der Waals surface area contributed by atoms with Crippen molar-refractivity contribution in [1.29, 1.82) is 0 Å². The van der Waals surface area contributed by atoms with Crippen LogP contribution in [0.1, 0.15) is 0 Å². The van der Waals surface area contributed by atoms with Crippen molar-refractivity contribution in [3.8, 4) is 0 Å². The zero-order valence-electron chi connectivity index (χ0n) is 5.77. The van der Waals surface area contributed by atoms with E-state index in [1.54, 1.807) is 18.2 Å². The van der Waals surface area contributed by atoms with Crippen molar-refractivity contribution in [3.63, 3.8) is 0 Å². The molecule has 11 heavy (non-hydrogen) atoms. The van der Waals surface area contributed by atoms with Crippen molar-refractivity contribution in [2.45, 2.75) is 4.90 Å². The van der Waals surface area contributed by atoms with Crippen LogP contribution in [0.5, 0.6) is 0 Å². The van der Waals surface area contributed by atoms with E-state index >= 15 is 0 Å². The fourth-order valence-electron chi connectivity index (χ4n) is 0.592. The van der Waals surface area contributed by atoms with Crippen LogP contribution >= 0.6 is 0 Å². The van der Waals surface area contributed by atoms with Gasteiger partial charge in [-0.25, -0.2) is 0 Å². The molecule has 1 aromatic carbocycles. The molecule has 0 aliphatic heterocycles. The van der Waals surface area contributed by atoms with Crippen molar-refractivity contribution in [1.82, 2.24) is 0 Å². The van der Waals surface area contributed by atoms with E-state index in [0.29, 0.717) is 0 Å². The maximum absolute atomic E-state index is 10.4. The Morgan fingerprint density at radius 3 is 1.82 bits per heavy atom. The normalized spacial score (nSPS) is 10.3. The summed E-state index contributed by atoms with van der Waals surface area (Å²) in [5.41, 5.74) is 0. The summed E-state index contributed by atoms with van der Waals surface area (Å²) in [5, 5.41) is 0. The summed E-state index contributed by atoms with van der Waals surface area (Å²) < 4.78 is 29.2. The van der Waals surface area contributed by atoms with Crippen LogP contribution in [-0.2, 0) is 10.1 Å². The van der Waals surface area contributed by atoms with Crippen LogP contribution in [0.25, 0.3) is 0 Å². The Bertz CT molecular complexity index is 306. The van der Waals surface area contributed by atoms with E-state index in [9.17, 15) is 8.42 Å². The zero-order valence-corrected chi connectivity index (χ0v) is 12.1. The standard InChI is InChI=1S/C6H6O3S.Bi.3H/c7-10(8,9)6-4-2-1-3-5-6;;;;/h1-5H,(H,7,8,9);;;;. The minimum absolute atomic E-state index is 0. The molecule has 1 aromatic rings. The number of benzene rings is 1. The predicted octanol–water partition coefficient (Wildman–Crippen LogP) is -0.251. The molecule has 1 N–H and O–H groups in total. The van der Waals surface area contributed by atoms with Crippen molar-refractivity contribution in [2.24, 2.45) is 0 Å². The molecule has 0 heterocycles. The average molecular weight is 370 g/mol. The summed E-state index contributed by atoms with van der Waals surface area (Å²) in [6, 6.07) is 7.42. The number of rotatable bonds is 1. The van der Waals surface area contributed by atoms with Gasteiger partial charge in [0.15, 0.2) is 0 Å². The first kappa shape index (κ1) is 11.0. The van der Waals surface area contributed by atoms with Gasteiger partial charge in [-0.15, -0.1) is 0 Å². The van der Waals surface area contributed by atoms with Crippen LogP contribution in [0.15, 0.2) is 35.2 Å². The molecule has 1 rings (SSSR count). The summed E-state index contributed by atoms with van der Waals surface area (Å²) >= 11 is 0. The molecule has 0 aliphatic carbocycles. The van der Waals surface area contributed by atoms with Gasteiger partial charge in [-0.1, -0.05) is 18.2 Å². The molecule has 0 aromatic heterocycles. The Kier molecular flexibility index (Phi) is 4.15. The second-order valence-electron chi connectivity index (χ2n) is 1.79. The molecule has 5 heteroatoms. The third-order valence-corrected chi connectivity index (χ3v) is 1.91. The first-order chi connectivity index (χ1) is 4.61. The number of hydrogen-bond acceptors (Lipinski definition) is 2. The Labute approximate surface area is 84.3 Å². The van der Waals surface area contributed by atoms with Gasteiger partial charge in [0.1, 0.15) is 0 Å². The third-order valence-electron chi connectivity index (χ3n) is 1.04. The molecule has 0 unspecified atom stereocenters. The van der Waals surface area contributed by atoms with Crippen LogP contribution in [0.3, 0.4) is 0 Å². The van der Waals surface area contributed by atoms with Crippen LogP contribution in [0, 0.1) is 0 Å². The maximum atomic E-state index is 10.4. The van der Waals surface area contributed by atoms with Crippen LogP contribution in [0.2, 0.25) is 0 Å². The Hall–Kier alpha value is 0.0131. The summed E-state index contributed by atoms with van der Waals surface area (Å²) in [6.07, 6.45) is 0. The van der Waals surface area contributed by atoms with Crippen molar-refractivity contribution >= 4 is 36.3 Å². The molecule has 0 aliphatic rings. The van der Waals surface area contributed by atoms with Crippen molar-refractivity contribution in [2.75, 3.05) is 0 Å². The van der Waals surface area contributed by atoms with E-state index in [1.807, 2.05) is 0 Å². The van der Waals surface area contributed by atoms with Gasteiger partial charge in [-0.3, -0.25) is 4.55 Å². The quantitative estimate of drug-likeness (QED) is 0.548. The molecular weight excluding hydrogens is 361 g/mol. The Morgan fingerprint density at radius 2 is 1.55 bits per heavy atom. The summed E-state index contributed by atoms with van der Waals surface area (Å²) in [6.45, 7) is 0. The molecule has 0 saturated heterocycles. The monoisotopic (exact) mass is 370 g/mol. The molecule has 0 fully saturated rings. The summed E-state index contributed by atoms with van der Waals surface area (Å²) in [5.74, 6) is 0. The van der Waals surface area contributed by atoms with Gasteiger partial charge in [0.25, 0.3) is 10.1 Å². The van der Waals surface area contributed by atoms with Gasteiger partial charge in [0, 0.05) is 0 Å². The van der Waals surface area contributed by atoms with E-state index < -0.39 is 10.1 Å². The predicted molar refractivity (Wildman–Crippen MR) is 46.2 cm³/mol. The van der Waals surface area contributed by atoms with Gasteiger partial charge in [0.05, 0.1) is 4.90 Å². The molecule has 0 bridgehead atoms. The summed E-state index contributed by atoms with van der Waals surface area (Å²) in [4.78, 5) is -0.0741. The van der Waals surface area contributed by atoms with E-state index in [-0.39, 0.29) is 31.1 Å². The van der Waals surface area contributed by atoms with Gasteiger partial charge >= 0.3 is 26.2 Å². The first-order valence-corrected chi connectivity index (χ1v) is 4.07. The van der Waals surface area contributed by atoms with Crippen LogP contribution in [0.4, 0.5) is 0 Å². The molecule has 62 valence electrons. The molecule has 0 saturated carbocycles. The van der Waals surface area contributed by atoms with Crippen LogP contribution in [-0.4, -0.2) is 39.2 Å². The summed E-state index contributed by atoms with van der Waals surface area (Å²) in [7, 11) is -4.00. The molecule has 0 spiro atoms. The van der Waals surface area contributed by atoms with E-state index in [1.165, 1.54) is 12.1 Å². The molecule has 3 nitrogen and oxygen atoms in total.